The average molecular weight is 473 g/mol. The molecule has 0 spiro atoms. The van der Waals surface area contributed by atoms with Crippen LogP contribution in [-0.2, 0) is 0 Å². The third kappa shape index (κ3) is 3.93. The molecular formula is C22H14Cl2N2O4S. The van der Waals surface area contributed by atoms with Crippen LogP contribution in [0.2, 0.25) is 10.0 Å². The Morgan fingerprint density at radius 1 is 1.23 bits per heavy atom. The molecule has 2 aromatic carbocycles. The summed E-state index contributed by atoms with van der Waals surface area (Å²) in [7, 11) is 1.43. The lowest BCUT2D eigenvalue weighted by Crippen LogP contribution is -2.20. The van der Waals surface area contributed by atoms with E-state index in [-0.39, 0.29) is 38.9 Å². The maximum absolute atomic E-state index is 12.6. The summed E-state index contributed by atoms with van der Waals surface area (Å²) < 4.78 is 16.2. The first-order valence-electron chi connectivity index (χ1n) is 8.93. The molecule has 1 unspecified atom stereocenters. The highest BCUT2D eigenvalue weighted by atomic mass is 35.5. The van der Waals surface area contributed by atoms with Crippen molar-refractivity contribution in [3.8, 4) is 23.3 Å². The number of ether oxygens (including phenoxy) is 3. The van der Waals surface area contributed by atoms with Crippen LogP contribution in [0.3, 0.4) is 0 Å². The molecule has 0 bridgehead atoms. The third-order valence-electron chi connectivity index (χ3n) is 4.67. The number of carbonyl (C=O) groups is 1. The molecule has 156 valence electrons. The van der Waals surface area contributed by atoms with E-state index >= 15 is 0 Å². The lowest BCUT2D eigenvalue weighted by atomic mass is 9.88. The van der Waals surface area contributed by atoms with Crippen LogP contribution in [0.15, 0.2) is 59.3 Å². The van der Waals surface area contributed by atoms with Crippen molar-refractivity contribution in [1.82, 2.24) is 0 Å². The van der Waals surface area contributed by atoms with E-state index in [4.69, 9.17) is 43.1 Å². The van der Waals surface area contributed by atoms with Gasteiger partial charge in [0, 0.05) is 16.5 Å². The maximum atomic E-state index is 12.6. The van der Waals surface area contributed by atoms with Gasteiger partial charge in [-0.2, -0.15) is 5.26 Å². The molecule has 1 aliphatic rings. The van der Waals surface area contributed by atoms with Gasteiger partial charge in [0.25, 0.3) is 0 Å². The van der Waals surface area contributed by atoms with Crippen molar-refractivity contribution >= 4 is 40.5 Å². The quantitative estimate of drug-likeness (QED) is 0.397. The van der Waals surface area contributed by atoms with Gasteiger partial charge in [-0.25, -0.2) is 4.79 Å². The minimum Gasteiger partial charge on any atom is -0.494 e. The van der Waals surface area contributed by atoms with E-state index in [1.807, 2.05) is 17.5 Å². The van der Waals surface area contributed by atoms with E-state index in [0.29, 0.717) is 11.3 Å². The first-order valence-corrected chi connectivity index (χ1v) is 10.6. The Labute approximate surface area is 192 Å². The number of nitrogens with zero attached hydrogens (tertiary/aromatic N) is 1. The molecule has 6 nitrogen and oxygen atoms in total. The maximum Gasteiger partial charge on any atom is 0.343 e. The summed E-state index contributed by atoms with van der Waals surface area (Å²) in [5.41, 5.74) is 7.25. The van der Waals surface area contributed by atoms with Crippen LogP contribution in [-0.4, -0.2) is 13.1 Å². The number of nitrogens with two attached hydrogens (primary N) is 1. The van der Waals surface area contributed by atoms with Crippen molar-refractivity contribution < 1.29 is 19.0 Å². The number of nitriles is 1. The van der Waals surface area contributed by atoms with Gasteiger partial charge in [0.15, 0.2) is 5.75 Å². The van der Waals surface area contributed by atoms with Gasteiger partial charge in [0.05, 0.1) is 28.6 Å². The number of halogens is 2. The Hall–Kier alpha value is -3.18. The molecule has 1 aliphatic heterocycles. The van der Waals surface area contributed by atoms with Gasteiger partial charge in [0.2, 0.25) is 5.88 Å². The predicted molar refractivity (Wildman–Crippen MR) is 118 cm³/mol. The van der Waals surface area contributed by atoms with E-state index in [1.165, 1.54) is 30.6 Å². The topological polar surface area (TPSA) is 94.6 Å². The van der Waals surface area contributed by atoms with Gasteiger partial charge >= 0.3 is 5.97 Å². The molecule has 0 saturated heterocycles. The molecule has 1 atom stereocenters. The summed E-state index contributed by atoms with van der Waals surface area (Å²) in [6.07, 6.45) is 0. The molecular weight excluding hydrogens is 459 g/mol. The molecule has 1 aromatic heterocycles. The number of benzene rings is 2. The zero-order valence-corrected chi connectivity index (χ0v) is 18.3. The van der Waals surface area contributed by atoms with Crippen molar-refractivity contribution in [2.75, 3.05) is 7.11 Å². The summed E-state index contributed by atoms with van der Waals surface area (Å²) in [4.78, 5) is 13.6. The highest BCUT2D eigenvalue weighted by Gasteiger charge is 2.31. The third-order valence-corrected chi connectivity index (χ3v) is 6.17. The molecule has 0 radical (unpaired) electrons. The molecule has 9 heteroatoms. The standard InChI is InChI=1S/C22H14Cl2N2O4S/c1-28-20-15(23)7-11(8-16(20)24)22(27)29-12-4-5-13-17(9-12)30-21(26)14(10-25)19(13)18-3-2-6-31-18/h2-9,19H,26H2,1H3. The monoisotopic (exact) mass is 472 g/mol. The summed E-state index contributed by atoms with van der Waals surface area (Å²) in [6.45, 7) is 0. The van der Waals surface area contributed by atoms with Gasteiger partial charge in [-0.05, 0) is 29.6 Å². The van der Waals surface area contributed by atoms with Crippen LogP contribution in [0.1, 0.15) is 26.7 Å². The number of methoxy groups -OCH3 is 1. The van der Waals surface area contributed by atoms with E-state index in [1.54, 1.807) is 18.2 Å². The lowest BCUT2D eigenvalue weighted by Gasteiger charge is -2.25. The molecule has 0 aliphatic carbocycles. The number of rotatable bonds is 4. The highest BCUT2D eigenvalue weighted by Crippen LogP contribution is 2.44. The average Bonchev–Trinajstić information content (AvgIpc) is 3.26. The summed E-state index contributed by atoms with van der Waals surface area (Å²) in [6, 6.07) is 13.7. The fraction of sp³-hybridized carbons (Fsp3) is 0.0909. The Morgan fingerprint density at radius 2 is 1.97 bits per heavy atom. The zero-order valence-electron chi connectivity index (χ0n) is 16.0. The predicted octanol–water partition coefficient (Wildman–Crippen LogP) is 5.50. The van der Waals surface area contributed by atoms with Crippen molar-refractivity contribution in [2.45, 2.75) is 5.92 Å². The molecule has 0 fully saturated rings. The van der Waals surface area contributed by atoms with Crippen LogP contribution >= 0.6 is 34.5 Å². The molecule has 4 rings (SSSR count). The van der Waals surface area contributed by atoms with Crippen LogP contribution in [0, 0.1) is 11.3 Å². The number of allylic oxidation sites excluding steroid dienone is 1. The molecule has 0 amide bonds. The zero-order chi connectivity index (χ0) is 22.1. The highest BCUT2D eigenvalue weighted by molar-refractivity contribution is 7.10. The van der Waals surface area contributed by atoms with Gasteiger partial charge in [0.1, 0.15) is 23.1 Å². The Kier molecular flexibility index (Phi) is 5.79. The van der Waals surface area contributed by atoms with Crippen molar-refractivity contribution in [3.63, 3.8) is 0 Å². The van der Waals surface area contributed by atoms with Crippen molar-refractivity contribution in [3.05, 3.63) is 85.4 Å². The van der Waals surface area contributed by atoms with Gasteiger partial charge in [-0.1, -0.05) is 35.3 Å². The van der Waals surface area contributed by atoms with E-state index in [2.05, 4.69) is 6.07 Å². The normalized spacial score (nSPS) is 15.0. The lowest BCUT2D eigenvalue weighted by molar-refractivity contribution is 0.0734. The number of hydrogen-bond donors (Lipinski definition) is 1. The fourth-order valence-corrected chi connectivity index (χ4v) is 4.78. The minimum absolute atomic E-state index is 0.0191. The second kappa shape index (κ2) is 8.52. The second-order valence-corrected chi connectivity index (χ2v) is 8.30. The molecule has 2 heterocycles. The van der Waals surface area contributed by atoms with E-state index in [0.717, 1.165) is 10.4 Å². The smallest absolute Gasteiger partial charge is 0.343 e. The fourth-order valence-electron chi connectivity index (χ4n) is 3.29. The number of fused-ring (bicyclic) bond motifs is 1. The first kappa shape index (κ1) is 21.1. The summed E-state index contributed by atoms with van der Waals surface area (Å²) in [5.74, 6) is -0.0604. The minimum atomic E-state index is -0.654. The van der Waals surface area contributed by atoms with Gasteiger partial charge < -0.3 is 19.9 Å². The molecule has 2 N–H and O–H groups in total. The van der Waals surface area contributed by atoms with Crippen molar-refractivity contribution in [1.29, 1.82) is 5.26 Å². The van der Waals surface area contributed by atoms with Crippen LogP contribution in [0.25, 0.3) is 0 Å². The van der Waals surface area contributed by atoms with Crippen molar-refractivity contribution in [2.24, 2.45) is 5.73 Å². The SMILES string of the molecule is COc1c(Cl)cc(C(=O)Oc2ccc3c(c2)OC(N)=C(C#N)C3c2cccs2)cc1Cl. The second-order valence-electron chi connectivity index (χ2n) is 6.50. The van der Waals surface area contributed by atoms with Crippen LogP contribution < -0.4 is 19.9 Å². The van der Waals surface area contributed by atoms with Crippen LogP contribution in [0.5, 0.6) is 17.2 Å². The number of carbonyl (C=O) groups excluding carboxylic acids is 1. The van der Waals surface area contributed by atoms with Gasteiger partial charge in [-0.15, -0.1) is 11.3 Å². The molecule has 3 aromatic rings. The number of hydrogen-bond acceptors (Lipinski definition) is 7. The summed E-state index contributed by atoms with van der Waals surface area (Å²) >= 11 is 13.7. The summed E-state index contributed by atoms with van der Waals surface area (Å²) in [5, 5.41) is 11.9. The Balaban J connectivity index is 1.65. The first-order chi connectivity index (χ1) is 14.9. The number of thiophene rings is 1. The van der Waals surface area contributed by atoms with E-state index in [9.17, 15) is 10.1 Å². The number of esters is 1. The molecule has 0 saturated carbocycles. The van der Waals surface area contributed by atoms with Crippen LogP contribution in [0.4, 0.5) is 0 Å². The molecule has 31 heavy (non-hydrogen) atoms. The Morgan fingerprint density at radius 3 is 2.58 bits per heavy atom. The van der Waals surface area contributed by atoms with E-state index < -0.39 is 5.97 Å². The largest absolute Gasteiger partial charge is 0.494 e. The van der Waals surface area contributed by atoms with Gasteiger partial charge in [-0.3, -0.25) is 0 Å². The Bertz CT molecular complexity index is 1230.